The summed E-state index contributed by atoms with van der Waals surface area (Å²) in [7, 11) is 0. The molecule has 2 aromatic rings. The Labute approximate surface area is 112 Å². The van der Waals surface area contributed by atoms with Crippen molar-refractivity contribution in [3.8, 4) is 0 Å². The fourth-order valence-electron chi connectivity index (χ4n) is 1.40. The first kappa shape index (κ1) is 13.5. The molecule has 0 radical (unpaired) electrons. The van der Waals surface area contributed by atoms with Gasteiger partial charge < -0.3 is 9.63 Å². The number of aryl methyl sites for hydroxylation is 1. The molecule has 0 atom stereocenters. The molecule has 7 heteroatoms. The number of thioether (sulfide) groups is 1. The number of halogens is 1. The van der Waals surface area contributed by atoms with E-state index in [1.54, 1.807) is 0 Å². The predicted octanol–water partition coefficient (Wildman–Crippen LogP) is 2.76. The fraction of sp³-hybridized carbons (Fsp3) is 0.250. The largest absolute Gasteiger partial charge is 0.478 e. The van der Waals surface area contributed by atoms with Crippen LogP contribution >= 0.6 is 11.8 Å². The quantitative estimate of drug-likeness (QED) is 0.850. The topological polar surface area (TPSA) is 76.2 Å². The van der Waals surface area contributed by atoms with Crippen LogP contribution in [0.3, 0.4) is 0 Å². The van der Waals surface area contributed by atoms with Crippen LogP contribution in [0.15, 0.2) is 27.6 Å². The Morgan fingerprint density at radius 2 is 2.32 bits per heavy atom. The van der Waals surface area contributed by atoms with E-state index in [1.807, 2.05) is 6.92 Å². The number of hydrogen-bond donors (Lipinski definition) is 1. The van der Waals surface area contributed by atoms with Gasteiger partial charge in [-0.3, -0.25) is 0 Å². The van der Waals surface area contributed by atoms with E-state index in [-0.39, 0.29) is 5.56 Å². The number of benzene rings is 1. The highest BCUT2D eigenvalue weighted by Gasteiger charge is 2.12. The Bertz CT molecular complexity index is 600. The van der Waals surface area contributed by atoms with E-state index in [1.165, 1.54) is 23.9 Å². The van der Waals surface area contributed by atoms with E-state index in [2.05, 4.69) is 10.1 Å². The summed E-state index contributed by atoms with van der Waals surface area (Å²) in [5.74, 6) is -0.504. The molecule has 1 aromatic heterocycles. The number of carbonyl (C=O) groups is 1. The van der Waals surface area contributed by atoms with Crippen LogP contribution in [0.4, 0.5) is 4.39 Å². The summed E-state index contributed by atoms with van der Waals surface area (Å²) in [4.78, 5) is 15.6. The molecule has 0 saturated carbocycles. The van der Waals surface area contributed by atoms with Gasteiger partial charge in [-0.1, -0.05) is 12.1 Å². The van der Waals surface area contributed by atoms with Crippen molar-refractivity contribution >= 4 is 17.7 Å². The van der Waals surface area contributed by atoms with Gasteiger partial charge in [-0.2, -0.15) is 4.98 Å². The molecule has 0 aliphatic heterocycles. The van der Waals surface area contributed by atoms with Gasteiger partial charge in [0.25, 0.3) is 0 Å². The van der Waals surface area contributed by atoms with E-state index in [4.69, 9.17) is 9.63 Å². The lowest BCUT2D eigenvalue weighted by atomic mass is 10.2. The van der Waals surface area contributed by atoms with Crippen LogP contribution in [0.5, 0.6) is 0 Å². The van der Waals surface area contributed by atoms with E-state index in [0.717, 1.165) is 6.07 Å². The first-order chi connectivity index (χ1) is 9.10. The van der Waals surface area contributed by atoms with Crippen molar-refractivity contribution < 1.29 is 18.8 Å². The van der Waals surface area contributed by atoms with E-state index in [9.17, 15) is 9.18 Å². The first-order valence-electron chi connectivity index (χ1n) is 5.57. The minimum Gasteiger partial charge on any atom is -0.478 e. The maximum absolute atomic E-state index is 13.2. The Hall–Kier alpha value is -1.89. The molecule has 0 unspecified atom stereocenters. The smallest absolute Gasteiger partial charge is 0.338 e. The molecule has 1 heterocycles. The maximum Gasteiger partial charge on any atom is 0.338 e. The number of nitrogens with zero attached hydrogens (tertiary/aromatic N) is 2. The van der Waals surface area contributed by atoms with Gasteiger partial charge in [-0.05, 0) is 18.2 Å². The normalized spacial score (nSPS) is 10.6. The van der Waals surface area contributed by atoms with Crippen LogP contribution in [0, 0.1) is 5.82 Å². The Morgan fingerprint density at radius 1 is 1.53 bits per heavy atom. The van der Waals surface area contributed by atoms with Crippen molar-refractivity contribution in [2.24, 2.45) is 0 Å². The van der Waals surface area contributed by atoms with Gasteiger partial charge in [0.2, 0.25) is 5.89 Å². The standard InChI is InChI=1S/C12H11FN2O3S/c1-2-11-14-10(15-18-11)6-19-7-3-4-9(13)8(5-7)12(16)17/h3-5H,2,6H2,1H3,(H,16,17). The van der Waals surface area contributed by atoms with Gasteiger partial charge in [0.05, 0.1) is 11.3 Å². The van der Waals surface area contributed by atoms with E-state index in [0.29, 0.717) is 28.8 Å². The van der Waals surface area contributed by atoms with Crippen LogP contribution in [-0.2, 0) is 12.2 Å². The average molecular weight is 282 g/mol. The summed E-state index contributed by atoms with van der Waals surface area (Å²) < 4.78 is 18.2. The van der Waals surface area contributed by atoms with Crippen LogP contribution in [0.2, 0.25) is 0 Å². The second kappa shape index (κ2) is 5.83. The van der Waals surface area contributed by atoms with Gasteiger partial charge in [-0.15, -0.1) is 11.8 Å². The minimum absolute atomic E-state index is 0.340. The average Bonchev–Trinajstić information content (AvgIpc) is 2.85. The Kier molecular flexibility index (Phi) is 4.16. The fourth-order valence-corrected chi connectivity index (χ4v) is 2.18. The molecule has 2 rings (SSSR count). The number of carboxylic acids is 1. The lowest BCUT2D eigenvalue weighted by molar-refractivity contribution is 0.0691. The molecule has 1 N–H and O–H groups in total. The summed E-state index contributed by atoms with van der Waals surface area (Å²) in [6.45, 7) is 1.91. The molecule has 0 saturated heterocycles. The third-order valence-electron chi connectivity index (χ3n) is 2.35. The van der Waals surface area contributed by atoms with Gasteiger partial charge in [0.1, 0.15) is 5.82 Å². The highest BCUT2D eigenvalue weighted by Crippen LogP contribution is 2.24. The van der Waals surface area contributed by atoms with Crippen molar-refractivity contribution in [2.75, 3.05) is 0 Å². The molecular weight excluding hydrogens is 271 g/mol. The minimum atomic E-state index is -1.28. The van der Waals surface area contributed by atoms with Crippen LogP contribution in [-0.4, -0.2) is 21.2 Å². The van der Waals surface area contributed by atoms with Crippen LogP contribution < -0.4 is 0 Å². The monoisotopic (exact) mass is 282 g/mol. The molecule has 19 heavy (non-hydrogen) atoms. The SMILES string of the molecule is CCc1nc(CSc2ccc(F)c(C(=O)O)c2)no1. The zero-order chi connectivity index (χ0) is 13.8. The van der Waals surface area contributed by atoms with Crippen LogP contribution in [0.1, 0.15) is 29.0 Å². The summed E-state index contributed by atoms with van der Waals surface area (Å²) in [5, 5.41) is 12.6. The second-order valence-corrected chi connectivity index (χ2v) is 4.74. The van der Waals surface area contributed by atoms with Gasteiger partial charge in [-0.25, -0.2) is 9.18 Å². The van der Waals surface area contributed by atoms with E-state index >= 15 is 0 Å². The molecule has 0 aliphatic rings. The molecule has 0 fully saturated rings. The molecule has 0 aliphatic carbocycles. The number of hydrogen-bond acceptors (Lipinski definition) is 5. The Balaban J connectivity index is 2.07. The number of carboxylic acid groups (broad SMARTS) is 1. The number of aromatic carboxylic acids is 1. The van der Waals surface area contributed by atoms with Crippen molar-refractivity contribution in [1.29, 1.82) is 0 Å². The molecule has 5 nitrogen and oxygen atoms in total. The molecule has 100 valence electrons. The highest BCUT2D eigenvalue weighted by atomic mass is 32.2. The van der Waals surface area contributed by atoms with Gasteiger partial charge in [0, 0.05) is 11.3 Å². The van der Waals surface area contributed by atoms with Gasteiger partial charge >= 0.3 is 5.97 Å². The third-order valence-corrected chi connectivity index (χ3v) is 3.34. The lowest BCUT2D eigenvalue weighted by Gasteiger charge is -2.01. The lowest BCUT2D eigenvalue weighted by Crippen LogP contribution is -2.00. The molecule has 1 aromatic carbocycles. The first-order valence-corrected chi connectivity index (χ1v) is 6.55. The number of rotatable bonds is 5. The third kappa shape index (κ3) is 3.31. The van der Waals surface area contributed by atoms with E-state index < -0.39 is 11.8 Å². The zero-order valence-corrected chi connectivity index (χ0v) is 10.9. The van der Waals surface area contributed by atoms with Crippen molar-refractivity contribution in [2.45, 2.75) is 24.0 Å². The molecule has 0 bridgehead atoms. The molecule has 0 amide bonds. The summed E-state index contributed by atoms with van der Waals surface area (Å²) in [6.07, 6.45) is 0.664. The zero-order valence-electron chi connectivity index (χ0n) is 10.1. The highest BCUT2D eigenvalue weighted by molar-refractivity contribution is 7.98. The summed E-state index contributed by atoms with van der Waals surface area (Å²) in [6, 6.07) is 3.95. The molecule has 0 spiro atoms. The second-order valence-electron chi connectivity index (χ2n) is 3.69. The van der Waals surface area contributed by atoms with Crippen molar-refractivity contribution in [3.05, 3.63) is 41.3 Å². The van der Waals surface area contributed by atoms with Crippen LogP contribution in [0.25, 0.3) is 0 Å². The van der Waals surface area contributed by atoms with Crippen molar-refractivity contribution in [3.63, 3.8) is 0 Å². The summed E-state index contributed by atoms with van der Waals surface area (Å²) in [5.41, 5.74) is -0.340. The van der Waals surface area contributed by atoms with Gasteiger partial charge in [0.15, 0.2) is 5.82 Å². The molecular formula is C12H11FN2O3S. The predicted molar refractivity (Wildman–Crippen MR) is 66.6 cm³/mol. The Morgan fingerprint density at radius 3 is 2.95 bits per heavy atom. The number of aromatic nitrogens is 2. The summed E-state index contributed by atoms with van der Waals surface area (Å²) >= 11 is 1.32. The maximum atomic E-state index is 13.2. The van der Waals surface area contributed by atoms with Crippen molar-refractivity contribution in [1.82, 2.24) is 10.1 Å².